The second-order valence-electron chi connectivity index (χ2n) is 6.48. The van der Waals surface area contributed by atoms with E-state index in [1.54, 1.807) is 0 Å². The highest BCUT2D eigenvalue weighted by atomic mass is 15.2. The molecule has 2 atom stereocenters. The summed E-state index contributed by atoms with van der Waals surface area (Å²) in [4.78, 5) is 2.76. The van der Waals surface area contributed by atoms with E-state index < -0.39 is 0 Å². The average molecular weight is 280 g/mol. The van der Waals surface area contributed by atoms with Crippen molar-refractivity contribution in [1.29, 1.82) is 0 Å². The molecule has 2 nitrogen and oxygen atoms in total. The predicted molar refractivity (Wildman–Crippen MR) is 90.2 cm³/mol. The zero-order chi connectivity index (χ0) is 14.8. The van der Waals surface area contributed by atoms with Crippen LogP contribution in [0.3, 0.4) is 0 Å². The van der Waals surface area contributed by atoms with Gasteiger partial charge < -0.3 is 5.32 Å². The van der Waals surface area contributed by atoms with Gasteiger partial charge in [0.2, 0.25) is 0 Å². The largest absolute Gasteiger partial charge is 0.312 e. The van der Waals surface area contributed by atoms with Crippen molar-refractivity contribution in [2.45, 2.75) is 83.7 Å². The molecule has 1 heterocycles. The number of nitrogens with zero attached hydrogens (tertiary/aromatic N) is 1. The quantitative estimate of drug-likeness (QED) is 0.472. The number of rotatable bonds is 10. The van der Waals surface area contributed by atoms with Crippen LogP contribution in [0.25, 0.3) is 0 Å². The van der Waals surface area contributed by atoms with Gasteiger partial charge in [-0.2, -0.15) is 0 Å². The minimum Gasteiger partial charge on any atom is -0.312 e. The highest BCUT2D eigenvalue weighted by molar-refractivity contribution is 4.97. The molecule has 1 N–H and O–H groups in total. The van der Waals surface area contributed by atoms with Crippen LogP contribution < -0.4 is 5.32 Å². The lowest BCUT2D eigenvalue weighted by Crippen LogP contribution is -2.60. The van der Waals surface area contributed by atoms with Gasteiger partial charge in [-0.05, 0) is 71.5 Å². The van der Waals surface area contributed by atoms with Crippen LogP contribution in [0.15, 0.2) is 12.7 Å². The molecule has 1 fully saturated rings. The molecule has 20 heavy (non-hydrogen) atoms. The first kappa shape index (κ1) is 17.7. The SMILES string of the molecule is C=CCCCC(NCCC)C(C)(CC)N1CCCCC1. The second-order valence-corrected chi connectivity index (χ2v) is 6.48. The van der Waals surface area contributed by atoms with Crippen molar-refractivity contribution in [3.05, 3.63) is 12.7 Å². The van der Waals surface area contributed by atoms with Gasteiger partial charge in [-0.25, -0.2) is 0 Å². The molecular formula is C18H36N2. The number of likely N-dealkylation sites (tertiary alicyclic amines) is 1. The van der Waals surface area contributed by atoms with Gasteiger partial charge in [0.05, 0.1) is 0 Å². The Morgan fingerprint density at radius 3 is 2.50 bits per heavy atom. The van der Waals surface area contributed by atoms with Crippen LogP contribution in [-0.4, -0.2) is 36.1 Å². The Kier molecular flexibility index (Phi) is 8.47. The molecule has 0 aromatic carbocycles. The number of allylic oxidation sites excluding steroid dienone is 1. The molecule has 118 valence electrons. The zero-order valence-corrected chi connectivity index (χ0v) is 14.1. The first-order valence-corrected chi connectivity index (χ1v) is 8.78. The summed E-state index contributed by atoms with van der Waals surface area (Å²) >= 11 is 0. The van der Waals surface area contributed by atoms with Gasteiger partial charge in [0.15, 0.2) is 0 Å². The van der Waals surface area contributed by atoms with E-state index in [-0.39, 0.29) is 0 Å². The maximum absolute atomic E-state index is 3.86. The fourth-order valence-corrected chi connectivity index (χ4v) is 3.51. The summed E-state index contributed by atoms with van der Waals surface area (Å²) in [6.07, 6.45) is 12.4. The Bertz CT molecular complexity index is 258. The standard InChI is InChI=1S/C18H36N2/c1-5-8-10-13-17(19-14-6-2)18(4,7-3)20-15-11-9-12-16-20/h5,17,19H,1,6-16H2,2-4H3. The van der Waals surface area contributed by atoms with Gasteiger partial charge in [-0.3, -0.25) is 4.90 Å². The van der Waals surface area contributed by atoms with E-state index in [0.29, 0.717) is 11.6 Å². The van der Waals surface area contributed by atoms with Crippen molar-refractivity contribution in [2.24, 2.45) is 0 Å². The monoisotopic (exact) mass is 280 g/mol. The molecule has 0 aromatic heterocycles. The Balaban J connectivity index is 2.71. The summed E-state index contributed by atoms with van der Waals surface area (Å²) in [5.74, 6) is 0. The summed E-state index contributed by atoms with van der Waals surface area (Å²) in [5.41, 5.74) is 0.316. The van der Waals surface area contributed by atoms with Crippen molar-refractivity contribution < 1.29 is 0 Å². The van der Waals surface area contributed by atoms with Gasteiger partial charge >= 0.3 is 0 Å². The van der Waals surface area contributed by atoms with Crippen LogP contribution in [0.5, 0.6) is 0 Å². The number of nitrogens with one attached hydrogen (secondary N) is 1. The maximum atomic E-state index is 3.86. The Morgan fingerprint density at radius 2 is 1.95 bits per heavy atom. The van der Waals surface area contributed by atoms with Crippen molar-refractivity contribution >= 4 is 0 Å². The van der Waals surface area contributed by atoms with Gasteiger partial charge in [-0.1, -0.05) is 26.3 Å². The first-order valence-electron chi connectivity index (χ1n) is 8.78. The normalized spacial score (nSPS) is 21.4. The molecule has 1 aliphatic heterocycles. The van der Waals surface area contributed by atoms with Crippen LogP contribution in [0.1, 0.15) is 72.1 Å². The van der Waals surface area contributed by atoms with Crippen molar-refractivity contribution in [3.63, 3.8) is 0 Å². The zero-order valence-electron chi connectivity index (χ0n) is 14.1. The van der Waals surface area contributed by atoms with E-state index in [1.807, 2.05) is 0 Å². The third kappa shape index (κ3) is 4.89. The lowest BCUT2D eigenvalue weighted by atomic mass is 9.82. The highest BCUT2D eigenvalue weighted by Crippen LogP contribution is 2.30. The van der Waals surface area contributed by atoms with E-state index in [0.717, 1.165) is 13.0 Å². The number of piperidine rings is 1. The summed E-state index contributed by atoms with van der Waals surface area (Å²) < 4.78 is 0. The van der Waals surface area contributed by atoms with E-state index in [2.05, 4.69) is 43.6 Å². The minimum atomic E-state index is 0.316. The molecule has 0 aromatic rings. The van der Waals surface area contributed by atoms with Crippen molar-refractivity contribution in [2.75, 3.05) is 19.6 Å². The van der Waals surface area contributed by atoms with Gasteiger partial charge in [0, 0.05) is 11.6 Å². The highest BCUT2D eigenvalue weighted by Gasteiger charge is 2.37. The summed E-state index contributed by atoms with van der Waals surface area (Å²) in [6.45, 7) is 14.7. The minimum absolute atomic E-state index is 0.316. The third-order valence-electron chi connectivity index (χ3n) is 5.09. The summed E-state index contributed by atoms with van der Waals surface area (Å²) in [7, 11) is 0. The molecule has 1 aliphatic rings. The van der Waals surface area contributed by atoms with Crippen LogP contribution in [0.4, 0.5) is 0 Å². The van der Waals surface area contributed by atoms with Crippen LogP contribution in [0.2, 0.25) is 0 Å². The molecule has 0 saturated carbocycles. The van der Waals surface area contributed by atoms with E-state index in [1.165, 1.54) is 58.0 Å². The molecule has 1 saturated heterocycles. The Hall–Kier alpha value is -0.340. The maximum Gasteiger partial charge on any atom is 0.0331 e. The smallest absolute Gasteiger partial charge is 0.0331 e. The molecule has 0 aliphatic carbocycles. The van der Waals surface area contributed by atoms with Crippen molar-refractivity contribution in [3.8, 4) is 0 Å². The molecule has 1 rings (SSSR count). The van der Waals surface area contributed by atoms with Crippen LogP contribution in [0, 0.1) is 0 Å². The van der Waals surface area contributed by atoms with E-state index >= 15 is 0 Å². The Labute approximate surface area is 127 Å². The average Bonchev–Trinajstić information content (AvgIpc) is 2.51. The predicted octanol–water partition coefficient (Wildman–Crippen LogP) is 4.37. The Morgan fingerprint density at radius 1 is 1.25 bits per heavy atom. The van der Waals surface area contributed by atoms with E-state index in [4.69, 9.17) is 0 Å². The fourth-order valence-electron chi connectivity index (χ4n) is 3.51. The molecule has 2 heteroatoms. The lowest BCUT2D eigenvalue weighted by Gasteiger charge is -2.48. The fraction of sp³-hybridized carbons (Fsp3) is 0.889. The third-order valence-corrected chi connectivity index (χ3v) is 5.09. The second kappa shape index (κ2) is 9.57. The van der Waals surface area contributed by atoms with Crippen LogP contribution >= 0.6 is 0 Å². The molecule has 0 bridgehead atoms. The topological polar surface area (TPSA) is 15.3 Å². The first-order chi connectivity index (χ1) is 9.69. The summed E-state index contributed by atoms with van der Waals surface area (Å²) in [5, 5.41) is 3.84. The van der Waals surface area contributed by atoms with E-state index in [9.17, 15) is 0 Å². The lowest BCUT2D eigenvalue weighted by molar-refractivity contribution is 0.0397. The van der Waals surface area contributed by atoms with Crippen molar-refractivity contribution in [1.82, 2.24) is 10.2 Å². The molecular weight excluding hydrogens is 244 g/mol. The summed E-state index contributed by atoms with van der Waals surface area (Å²) in [6, 6.07) is 0.616. The molecule has 2 unspecified atom stereocenters. The van der Waals surface area contributed by atoms with Crippen LogP contribution in [-0.2, 0) is 0 Å². The number of hydrogen-bond acceptors (Lipinski definition) is 2. The number of unbranched alkanes of at least 4 members (excludes halogenated alkanes) is 1. The van der Waals surface area contributed by atoms with Gasteiger partial charge in [-0.15, -0.1) is 6.58 Å². The van der Waals surface area contributed by atoms with Gasteiger partial charge in [0.1, 0.15) is 0 Å². The molecule has 0 spiro atoms. The number of hydrogen-bond donors (Lipinski definition) is 1. The molecule has 0 amide bonds. The van der Waals surface area contributed by atoms with Gasteiger partial charge in [0.25, 0.3) is 0 Å². The molecule has 0 radical (unpaired) electrons.